The first-order chi connectivity index (χ1) is 8.65. The molecule has 2 atom stereocenters. The summed E-state index contributed by atoms with van der Waals surface area (Å²) in [7, 11) is 2.00. The molecule has 1 aromatic heterocycles. The zero-order chi connectivity index (χ0) is 12.7. The van der Waals surface area contributed by atoms with Crippen LogP contribution >= 0.6 is 11.6 Å². The summed E-state index contributed by atoms with van der Waals surface area (Å²) in [4.78, 5) is 0. The Bertz CT molecular complexity index is 436. The van der Waals surface area contributed by atoms with E-state index in [1.54, 1.807) is 0 Å². The van der Waals surface area contributed by atoms with E-state index in [2.05, 4.69) is 10.4 Å². The summed E-state index contributed by atoms with van der Waals surface area (Å²) < 4.78 is 1.96. The zero-order valence-electron chi connectivity index (χ0n) is 11.2. The van der Waals surface area contributed by atoms with E-state index in [4.69, 9.17) is 11.6 Å². The van der Waals surface area contributed by atoms with Crippen molar-refractivity contribution in [2.75, 3.05) is 6.54 Å². The fraction of sp³-hybridized carbons (Fsp3) is 0.786. The van der Waals surface area contributed by atoms with Gasteiger partial charge in [0.2, 0.25) is 0 Å². The SMILES string of the molecule is Cc1nn(C)c(CC2CCC2CNC2CC2)c1Cl. The smallest absolute Gasteiger partial charge is 0.0847 e. The van der Waals surface area contributed by atoms with E-state index in [1.165, 1.54) is 37.9 Å². The molecule has 0 bridgehead atoms. The monoisotopic (exact) mass is 267 g/mol. The largest absolute Gasteiger partial charge is 0.314 e. The third kappa shape index (κ3) is 2.43. The van der Waals surface area contributed by atoms with Crippen molar-refractivity contribution in [2.24, 2.45) is 18.9 Å². The van der Waals surface area contributed by atoms with Gasteiger partial charge in [-0.1, -0.05) is 11.6 Å². The van der Waals surface area contributed by atoms with E-state index in [0.29, 0.717) is 0 Å². The molecule has 0 radical (unpaired) electrons. The van der Waals surface area contributed by atoms with Gasteiger partial charge in [-0.2, -0.15) is 5.10 Å². The molecule has 0 saturated heterocycles. The molecule has 1 aromatic rings. The van der Waals surface area contributed by atoms with Crippen LogP contribution in [-0.4, -0.2) is 22.4 Å². The van der Waals surface area contributed by atoms with Gasteiger partial charge < -0.3 is 5.32 Å². The van der Waals surface area contributed by atoms with Crippen LogP contribution in [0.3, 0.4) is 0 Å². The topological polar surface area (TPSA) is 29.9 Å². The van der Waals surface area contributed by atoms with Crippen molar-refractivity contribution in [2.45, 2.75) is 45.1 Å². The molecule has 3 rings (SSSR count). The molecule has 2 aliphatic carbocycles. The molecule has 18 heavy (non-hydrogen) atoms. The first-order valence-electron chi connectivity index (χ1n) is 7.06. The van der Waals surface area contributed by atoms with Gasteiger partial charge in [-0.3, -0.25) is 4.68 Å². The molecule has 0 aromatic carbocycles. The lowest BCUT2D eigenvalue weighted by molar-refractivity contribution is 0.168. The van der Waals surface area contributed by atoms with Crippen LogP contribution in [0.25, 0.3) is 0 Å². The number of nitrogens with zero attached hydrogens (tertiary/aromatic N) is 2. The van der Waals surface area contributed by atoms with Crippen molar-refractivity contribution in [1.29, 1.82) is 0 Å². The minimum atomic E-state index is 0.795. The predicted molar refractivity (Wildman–Crippen MR) is 73.9 cm³/mol. The quantitative estimate of drug-likeness (QED) is 0.889. The second-order valence-corrected chi connectivity index (χ2v) is 6.33. The summed E-state index contributed by atoms with van der Waals surface area (Å²) in [5.41, 5.74) is 2.18. The second-order valence-electron chi connectivity index (χ2n) is 5.95. The lowest BCUT2D eigenvalue weighted by atomic mass is 9.71. The molecule has 2 saturated carbocycles. The third-order valence-electron chi connectivity index (χ3n) is 4.54. The van der Waals surface area contributed by atoms with E-state index < -0.39 is 0 Å². The molecular formula is C14H22ClN3. The molecule has 1 N–H and O–H groups in total. The maximum absolute atomic E-state index is 6.33. The summed E-state index contributed by atoms with van der Waals surface area (Å²) in [6, 6.07) is 0.828. The fourth-order valence-corrected chi connectivity index (χ4v) is 3.17. The highest BCUT2D eigenvalue weighted by Gasteiger charge is 2.33. The Labute approximate surface area is 114 Å². The molecule has 100 valence electrons. The normalized spacial score (nSPS) is 27.3. The van der Waals surface area contributed by atoms with Gasteiger partial charge in [0.25, 0.3) is 0 Å². The van der Waals surface area contributed by atoms with E-state index in [1.807, 2.05) is 18.7 Å². The predicted octanol–water partition coefficient (Wildman–Crippen LogP) is 2.70. The van der Waals surface area contributed by atoms with Crippen molar-refractivity contribution in [3.8, 4) is 0 Å². The first kappa shape index (κ1) is 12.5. The number of hydrogen-bond donors (Lipinski definition) is 1. The number of aryl methyl sites for hydroxylation is 2. The van der Waals surface area contributed by atoms with Crippen LogP contribution in [0, 0.1) is 18.8 Å². The van der Waals surface area contributed by atoms with Gasteiger partial charge in [0.05, 0.1) is 16.4 Å². The molecule has 0 amide bonds. The highest BCUT2D eigenvalue weighted by atomic mass is 35.5. The van der Waals surface area contributed by atoms with Crippen molar-refractivity contribution in [1.82, 2.24) is 15.1 Å². The molecule has 3 nitrogen and oxygen atoms in total. The summed E-state index contributed by atoms with van der Waals surface area (Å²) in [5.74, 6) is 1.64. The van der Waals surface area contributed by atoms with Gasteiger partial charge in [0, 0.05) is 13.1 Å². The van der Waals surface area contributed by atoms with Crippen molar-refractivity contribution in [3.63, 3.8) is 0 Å². The fourth-order valence-electron chi connectivity index (χ4n) is 2.93. The molecule has 2 aliphatic rings. The van der Waals surface area contributed by atoms with Crippen molar-refractivity contribution < 1.29 is 0 Å². The number of halogens is 1. The first-order valence-corrected chi connectivity index (χ1v) is 7.44. The highest BCUT2D eigenvalue weighted by Crippen LogP contribution is 2.38. The van der Waals surface area contributed by atoms with Gasteiger partial charge in [0.1, 0.15) is 0 Å². The third-order valence-corrected chi connectivity index (χ3v) is 5.03. The van der Waals surface area contributed by atoms with Crippen molar-refractivity contribution in [3.05, 3.63) is 16.4 Å². The summed E-state index contributed by atoms with van der Waals surface area (Å²) in [6.45, 7) is 3.18. The van der Waals surface area contributed by atoms with E-state index >= 15 is 0 Å². The van der Waals surface area contributed by atoms with Crippen LogP contribution < -0.4 is 5.32 Å². The Kier molecular flexibility index (Phi) is 3.37. The number of rotatable bonds is 5. The molecule has 0 aliphatic heterocycles. The van der Waals surface area contributed by atoms with Crippen LogP contribution in [-0.2, 0) is 13.5 Å². The van der Waals surface area contributed by atoms with Crippen LogP contribution in [0.15, 0.2) is 0 Å². The number of nitrogens with one attached hydrogen (secondary N) is 1. The zero-order valence-corrected chi connectivity index (χ0v) is 12.0. The van der Waals surface area contributed by atoms with Gasteiger partial charge in [-0.25, -0.2) is 0 Å². The van der Waals surface area contributed by atoms with Crippen LogP contribution in [0.5, 0.6) is 0 Å². The Hall–Kier alpha value is -0.540. The summed E-state index contributed by atoms with van der Waals surface area (Å²) in [5, 5.41) is 8.93. The van der Waals surface area contributed by atoms with Gasteiger partial charge in [0.15, 0.2) is 0 Å². The van der Waals surface area contributed by atoms with Crippen LogP contribution in [0.4, 0.5) is 0 Å². The maximum atomic E-state index is 6.33. The molecule has 2 unspecified atom stereocenters. The molecule has 0 spiro atoms. The number of hydrogen-bond acceptors (Lipinski definition) is 2. The van der Waals surface area contributed by atoms with E-state index in [9.17, 15) is 0 Å². The van der Waals surface area contributed by atoms with E-state index in [-0.39, 0.29) is 0 Å². The Morgan fingerprint density at radius 3 is 2.50 bits per heavy atom. The highest BCUT2D eigenvalue weighted by molar-refractivity contribution is 6.31. The summed E-state index contributed by atoms with van der Waals surface area (Å²) in [6.07, 6.45) is 6.57. The minimum absolute atomic E-state index is 0.795. The van der Waals surface area contributed by atoms with Gasteiger partial charge in [-0.05, 0) is 57.4 Å². The lowest BCUT2D eigenvalue weighted by Gasteiger charge is -2.37. The lowest BCUT2D eigenvalue weighted by Crippen LogP contribution is -2.37. The summed E-state index contributed by atoms with van der Waals surface area (Å²) >= 11 is 6.33. The second kappa shape index (κ2) is 4.86. The van der Waals surface area contributed by atoms with Gasteiger partial charge in [-0.15, -0.1) is 0 Å². The molecular weight excluding hydrogens is 246 g/mol. The van der Waals surface area contributed by atoms with Crippen LogP contribution in [0.2, 0.25) is 5.02 Å². The average Bonchev–Trinajstić information content (AvgIpc) is 3.07. The van der Waals surface area contributed by atoms with Crippen LogP contribution in [0.1, 0.15) is 37.1 Å². The maximum Gasteiger partial charge on any atom is 0.0847 e. The molecule has 4 heteroatoms. The Morgan fingerprint density at radius 1 is 1.28 bits per heavy atom. The average molecular weight is 268 g/mol. The standard InChI is InChI=1S/C14H22ClN3/c1-9-14(15)13(18(2)17-9)7-10-3-4-11(10)8-16-12-5-6-12/h10-12,16H,3-8H2,1-2H3. The van der Waals surface area contributed by atoms with Crippen molar-refractivity contribution >= 4 is 11.6 Å². The molecule has 1 heterocycles. The minimum Gasteiger partial charge on any atom is -0.314 e. The Morgan fingerprint density at radius 2 is 2.00 bits per heavy atom. The van der Waals surface area contributed by atoms with Gasteiger partial charge >= 0.3 is 0 Å². The Balaban J connectivity index is 1.58. The molecule has 2 fully saturated rings. The number of aromatic nitrogens is 2. The van der Waals surface area contributed by atoms with E-state index in [0.717, 1.165) is 35.0 Å².